The number of ether oxygens (including phenoxy) is 1. The van der Waals surface area contributed by atoms with Gasteiger partial charge >= 0.3 is 12.3 Å². The van der Waals surface area contributed by atoms with Gasteiger partial charge in [0.25, 0.3) is 0 Å². The van der Waals surface area contributed by atoms with Gasteiger partial charge in [-0.05, 0) is 64.3 Å². The molecule has 0 amide bonds. The highest BCUT2D eigenvalue weighted by atomic mass is 32.2. The monoisotopic (exact) mass is 666 g/mol. The third kappa shape index (κ3) is 5.19. The average Bonchev–Trinajstić information content (AvgIpc) is 3.58. The van der Waals surface area contributed by atoms with E-state index in [4.69, 9.17) is 0 Å². The molecule has 10 nitrogen and oxygen atoms in total. The molecular weight excluding hydrogens is 644 g/mol. The van der Waals surface area contributed by atoms with Crippen LogP contribution in [0.2, 0.25) is 0 Å². The van der Waals surface area contributed by atoms with E-state index >= 15 is 13.2 Å². The Morgan fingerprint density at radius 1 is 0.935 bits per heavy atom. The molecule has 6 aromatic rings. The number of nitrogens with zero attached hydrogens (tertiary/aromatic N) is 5. The molecule has 240 valence electrons. The molecule has 0 bridgehead atoms. The van der Waals surface area contributed by atoms with Crippen molar-refractivity contribution in [2.24, 2.45) is 7.05 Å². The van der Waals surface area contributed by atoms with E-state index in [9.17, 15) is 31.8 Å². The molecule has 0 fully saturated rings. The van der Waals surface area contributed by atoms with Crippen LogP contribution in [0.15, 0.2) is 65.7 Å². The van der Waals surface area contributed by atoms with E-state index in [1.807, 2.05) is 0 Å². The van der Waals surface area contributed by atoms with Crippen LogP contribution in [0.25, 0.3) is 44.3 Å². The summed E-state index contributed by atoms with van der Waals surface area (Å²) in [5.74, 6) is -5.26. The van der Waals surface area contributed by atoms with Crippen LogP contribution in [-0.4, -0.2) is 57.4 Å². The van der Waals surface area contributed by atoms with Crippen molar-refractivity contribution < 1.29 is 54.2 Å². The molecule has 0 unspecified atom stereocenters. The molecule has 2 N–H and O–H groups in total. The van der Waals surface area contributed by atoms with E-state index in [-0.39, 0.29) is 27.8 Å². The molecule has 3 heterocycles. The summed E-state index contributed by atoms with van der Waals surface area (Å²) >= 11 is 0. The van der Waals surface area contributed by atoms with E-state index in [0.29, 0.717) is 16.5 Å². The zero-order chi connectivity index (χ0) is 33.3. The van der Waals surface area contributed by atoms with Gasteiger partial charge < -0.3 is 14.9 Å². The fourth-order valence-electron chi connectivity index (χ4n) is 5.41. The van der Waals surface area contributed by atoms with Gasteiger partial charge in [0.2, 0.25) is 11.9 Å². The van der Waals surface area contributed by atoms with E-state index < -0.39 is 63.1 Å². The minimum atomic E-state index is -4.93. The first kappa shape index (κ1) is 31.3. The fraction of sp³-hybridized carbons (Fsp3) is 0.207. The Morgan fingerprint density at radius 2 is 1.61 bits per heavy atom. The van der Waals surface area contributed by atoms with Crippen molar-refractivity contribution in [1.82, 2.24) is 19.5 Å². The van der Waals surface area contributed by atoms with Crippen molar-refractivity contribution in [1.29, 1.82) is 0 Å². The van der Waals surface area contributed by atoms with Gasteiger partial charge in [0.15, 0.2) is 26.6 Å². The van der Waals surface area contributed by atoms with Gasteiger partial charge in [-0.1, -0.05) is 6.07 Å². The molecule has 6 rings (SSSR count). The van der Waals surface area contributed by atoms with Crippen molar-refractivity contribution in [3.63, 3.8) is 0 Å². The van der Waals surface area contributed by atoms with E-state index in [1.165, 1.54) is 58.8 Å². The number of halogens is 6. The molecule has 3 aromatic heterocycles. The maximum atomic E-state index is 15.0. The number of aliphatic hydroxyl groups is 2. The van der Waals surface area contributed by atoms with Crippen LogP contribution in [0.3, 0.4) is 0 Å². The average molecular weight is 667 g/mol. The van der Waals surface area contributed by atoms with Crippen LogP contribution in [0.5, 0.6) is 5.75 Å². The number of rotatable bonds is 7. The lowest BCUT2D eigenvalue weighted by Gasteiger charge is -2.12. The highest BCUT2D eigenvalue weighted by molar-refractivity contribution is 7.90. The second kappa shape index (κ2) is 10.7. The summed E-state index contributed by atoms with van der Waals surface area (Å²) in [6.45, 7) is -2.43. The standard InChI is InChI=1S/C29H22F6N5O5S/c1-38-25-19-8-5-16(17-9-21(30)20(13-41)24(11-17)46(2,43)44)10-22(19)39-23(15-3-6-18(7-4-15)45-29(33,34)35)12-36-40(39)26(25)27(37-38)28(31,32)14-42/h3-12,41-42H,13-14H2,1-2H3/q+1. The Labute approximate surface area is 255 Å². The smallest absolute Gasteiger partial charge is 0.406 e. The number of fused-ring (bicyclic) bond motifs is 6. The molecule has 0 atom stereocenters. The van der Waals surface area contributed by atoms with E-state index in [2.05, 4.69) is 14.9 Å². The lowest BCUT2D eigenvalue weighted by Crippen LogP contribution is -2.33. The molecule has 0 radical (unpaired) electrons. The summed E-state index contributed by atoms with van der Waals surface area (Å²) in [5, 5.41) is 27.7. The maximum Gasteiger partial charge on any atom is 0.573 e. The Bertz CT molecular complexity index is 2280. The Hall–Kier alpha value is -4.74. The van der Waals surface area contributed by atoms with Crippen LogP contribution >= 0.6 is 0 Å². The topological polar surface area (TPSA) is 123 Å². The number of hydrogen-bond acceptors (Lipinski definition) is 7. The van der Waals surface area contributed by atoms with Gasteiger partial charge in [-0.15, -0.1) is 17.7 Å². The second-order valence-corrected chi connectivity index (χ2v) is 12.4. The largest absolute Gasteiger partial charge is 0.573 e. The number of aromatic nitrogens is 5. The Morgan fingerprint density at radius 3 is 2.22 bits per heavy atom. The summed E-state index contributed by atoms with van der Waals surface area (Å²) in [6, 6.07) is 11.5. The summed E-state index contributed by atoms with van der Waals surface area (Å²) in [6.07, 6.45) is -2.77. The third-order valence-corrected chi connectivity index (χ3v) is 8.55. The van der Waals surface area contributed by atoms with Crippen LogP contribution in [-0.2, 0) is 29.4 Å². The molecular formula is C29H22F6N5O5S+. The number of benzene rings is 3. The molecule has 46 heavy (non-hydrogen) atoms. The minimum Gasteiger partial charge on any atom is -0.406 e. The summed E-state index contributed by atoms with van der Waals surface area (Å²) < 4.78 is 116. The molecule has 0 aliphatic rings. The number of aryl methyl sites for hydroxylation is 1. The van der Waals surface area contributed by atoms with Crippen molar-refractivity contribution in [2.45, 2.75) is 23.8 Å². The van der Waals surface area contributed by atoms with Crippen LogP contribution in [0, 0.1) is 5.82 Å². The van der Waals surface area contributed by atoms with Crippen LogP contribution in [0.1, 0.15) is 11.3 Å². The molecule has 0 spiro atoms. The zero-order valence-electron chi connectivity index (χ0n) is 23.7. The Balaban J connectivity index is 1.69. The maximum absolute atomic E-state index is 15.0. The molecule has 0 aliphatic carbocycles. The molecule has 17 heteroatoms. The minimum absolute atomic E-state index is 0.114. The SMILES string of the molecule is Cn1nc(C(F)(F)CO)c2c1c1ccc(-c3cc(F)c(CO)c(S(C)(=O)=O)c3)cc1[n+]1c(-c3ccc(OC(F)(F)F)cc3)cnn21. The first-order valence-electron chi connectivity index (χ1n) is 13.3. The zero-order valence-corrected chi connectivity index (χ0v) is 24.5. The van der Waals surface area contributed by atoms with Crippen LogP contribution < -0.4 is 9.25 Å². The Kier molecular flexibility index (Phi) is 7.25. The van der Waals surface area contributed by atoms with Gasteiger partial charge in [-0.2, -0.15) is 13.9 Å². The van der Waals surface area contributed by atoms with Crippen molar-refractivity contribution in [3.05, 3.63) is 77.9 Å². The lowest BCUT2D eigenvalue weighted by molar-refractivity contribution is -0.581. The summed E-state index contributed by atoms with van der Waals surface area (Å²) in [7, 11) is -2.56. The van der Waals surface area contributed by atoms with Gasteiger partial charge in [0.05, 0.1) is 16.9 Å². The van der Waals surface area contributed by atoms with Crippen molar-refractivity contribution in [2.75, 3.05) is 12.9 Å². The summed E-state index contributed by atoms with van der Waals surface area (Å²) in [4.78, 5) is -0.424. The van der Waals surface area contributed by atoms with Gasteiger partial charge in [0, 0.05) is 29.5 Å². The van der Waals surface area contributed by atoms with Gasteiger partial charge in [-0.3, -0.25) is 4.68 Å². The predicted molar refractivity (Wildman–Crippen MR) is 150 cm³/mol. The first-order valence-corrected chi connectivity index (χ1v) is 15.1. The predicted octanol–water partition coefficient (Wildman–Crippen LogP) is 4.31. The normalized spacial score (nSPS) is 12.9. The molecule has 0 saturated carbocycles. The van der Waals surface area contributed by atoms with Crippen molar-refractivity contribution >= 4 is 31.8 Å². The third-order valence-electron chi connectivity index (χ3n) is 7.38. The number of aliphatic hydroxyl groups excluding tert-OH is 2. The quantitative estimate of drug-likeness (QED) is 0.192. The number of alkyl halides is 5. The fourth-order valence-corrected chi connectivity index (χ4v) is 6.36. The van der Waals surface area contributed by atoms with Gasteiger partial charge in [-0.25, -0.2) is 12.8 Å². The molecule has 0 saturated heterocycles. The highest BCUT2D eigenvalue weighted by Gasteiger charge is 2.40. The van der Waals surface area contributed by atoms with E-state index in [1.54, 1.807) is 0 Å². The van der Waals surface area contributed by atoms with Crippen molar-refractivity contribution in [3.8, 4) is 28.1 Å². The first-order chi connectivity index (χ1) is 21.5. The van der Waals surface area contributed by atoms with Gasteiger partial charge in [0.1, 0.15) is 23.7 Å². The second-order valence-electron chi connectivity index (χ2n) is 10.4. The number of hydrogen-bond donors (Lipinski definition) is 2. The summed E-state index contributed by atoms with van der Waals surface area (Å²) in [5.41, 5.74) is 0.00719. The highest BCUT2D eigenvalue weighted by Crippen LogP contribution is 2.37. The van der Waals surface area contributed by atoms with E-state index in [0.717, 1.165) is 29.1 Å². The van der Waals surface area contributed by atoms with Crippen LogP contribution in [0.4, 0.5) is 26.3 Å². The lowest BCUT2D eigenvalue weighted by atomic mass is 10.0. The molecule has 0 aliphatic heterocycles. The number of sulfone groups is 1. The molecule has 3 aromatic carbocycles.